The highest BCUT2D eigenvalue weighted by molar-refractivity contribution is 5.94. The Labute approximate surface area is 104 Å². The molecule has 0 saturated heterocycles. The number of rotatable bonds is 2. The van der Waals surface area contributed by atoms with Crippen molar-refractivity contribution >= 4 is 17.2 Å². The van der Waals surface area contributed by atoms with Crippen molar-refractivity contribution in [2.75, 3.05) is 0 Å². The van der Waals surface area contributed by atoms with Gasteiger partial charge in [-0.2, -0.15) is 5.10 Å². The van der Waals surface area contributed by atoms with Crippen LogP contribution in [0.15, 0.2) is 24.5 Å². The Morgan fingerprint density at radius 2 is 2.28 bits per heavy atom. The van der Waals surface area contributed by atoms with Crippen LogP contribution < -0.4 is 0 Å². The third-order valence-electron chi connectivity index (χ3n) is 3.21. The molecule has 0 saturated carbocycles. The van der Waals surface area contributed by atoms with Crippen molar-refractivity contribution in [1.29, 1.82) is 0 Å². The standard InChI is InChI=1S/C13H13N3O2/c17-13(18)10-6-7-14-16-8-11(15-12(10)16)9-4-2-1-3-5-9/h4,6-8H,1-3,5H2,(H,17,18). The van der Waals surface area contributed by atoms with Crippen molar-refractivity contribution in [2.45, 2.75) is 25.7 Å². The SMILES string of the molecule is O=C(O)c1ccnn2cc(C3=CCCCC3)nc12. The molecule has 3 rings (SSSR count). The van der Waals surface area contributed by atoms with Crippen molar-refractivity contribution in [3.63, 3.8) is 0 Å². The number of carbonyl (C=O) groups is 1. The fourth-order valence-electron chi connectivity index (χ4n) is 2.29. The molecule has 92 valence electrons. The molecule has 0 bridgehead atoms. The van der Waals surface area contributed by atoms with E-state index in [1.807, 2.05) is 0 Å². The zero-order chi connectivity index (χ0) is 12.5. The number of aromatic carboxylic acids is 1. The number of hydrogen-bond donors (Lipinski definition) is 1. The van der Waals surface area contributed by atoms with Crippen LogP contribution in [0.4, 0.5) is 0 Å². The number of carboxylic acid groups (broad SMARTS) is 1. The Morgan fingerprint density at radius 3 is 3.00 bits per heavy atom. The molecular formula is C13H13N3O2. The minimum atomic E-state index is -0.975. The topological polar surface area (TPSA) is 67.5 Å². The van der Waals surface area contributed by atoms with Crippen LogP contribution in [0.2, 0.25) is 0 Å². The summed E-state index contributed by atoms with van der Waals surface area (Å²) in [6.45, 7) is 0. The van der Waals surface area contributed by atoms with Gasteiger partial charge >= 0.3 is 5.97 Å². The van der Waals surface area contributed by atoms with Gasteiger partial charge in [0.1, 0.15) is 5.56 Å². The Bertz CT molecular complexity index is 643. The fourth-order valence-corrected chi connectivity index (χ4v) is 2.29. The lowest BCUT2D eigenvalue weighted by Crippen LogP contribution is -2.01. The Morgan fingerprint density at radius 1 is 1.39 bits per heavy atom. The molecule has 1 N–H and O–H groups in total. The van der Waals surface area contributed by atoms with Crippen LogP contribution in [0.3, 0.4) is 0 Å². The molecule has 2 aromatic rings. The lowest BCUT2D eigenvalue weighted by atomic mass is 9.98. The van der Waals surface area contributed by atoms with E-state index in [1.54, 1.807) is 6.20 Å². The van der Waals surface area contributed by atoms with Crippen molar-refractivity contribution in [2.24, 2.45) is 0 Å². The minimum absolute atomic E-state index is 0.188. The van der Waals surface area contributed by atoms with Gasteiger partial charge < -0.3 is 5.11 Å². The molecule has 0 amide bonds. The van der Waals surface area contributed by atoms with Gasteiger partial charge in [-0.15, -0.1) is 0 Å². The summed E-state index contributed by atoms with van der Waals surface area (Å²) in [7, 11) is 0. The molecule has 0 aliphatic heterocycles. The van der Waals surface area contributed by atoms with Crippen LogP contribution in [0.25, 0.3) is 11.2 Å². The molecule has 0 aromatic carbocycles. The van der Waals surface area contributed by atoms with Crippen LogP contribution in [0, 0.1) is 0 Å². The van der Waals surface area contributed by atoms with E-state index in [-0.39, 0.29) is 5.56 Å². The van der Waals surface area contributed by atoms with E-state index < -0.39 is 5.97 Å². The van der Waals surface area contributed by atoms with E-state index in [2.05, 4.69) is 16.2 Å². The second kappa shape index (κ2) is 4.25. The highest BCUT2D eigenvalue weighted by atomic mass is 16.4. The Kier molecular flexibility index (Phi) is 2.59. The van der Waals surface area contributed by atoms with E-state index in [0.717, 1.165) is 18.5 Å². The van der Waals surface area contributed by atoms with Crippen LogP contribution in [-0.2, 0) is 0 Å². The van der Waals surface area contributed by atoms with Gasteiger partial charge in [0.25, 0.3) is 0 Å². The van der Waals surface area contributed by atoms with Gasteiger partial charge in [0.05, 0.1) is 11.9 Å². The van der Waals surface area contributed by atoms with E-state index in [1.165, 1.54) is 35.2 Å². The molecule has 2 heterocycles. The average molecular weight is 243 g/mol. The lowest BCUT2D eigenvalue weighted by molar-refractivity contribution is 0.0698. The largest absolute Gasteiger partial charge is 0.478 e. The van der Waals surface area contributed by atoms with Crippen molar-refractivity contribution in [3.8, 4) is 0 Å². The summed E-state index contributed by atoms with van der Waals surface area (Å²) < 4.78 is 1.54. The number of allylic oxidation sites excluding steroid dienone is 2. The molecule has 0 fully saturated rings. The first-order valence-corrected chi connectivity index (χ1v) is 6.03. The summed E-state index contributed by atoms with van der Waals surface area (Å²) in [6.07, 6.45) is 9.94. The second-order valence-electron chi connectivity index (χ2n) is 4.42. The number of hydrogen-bond acceptors (Lipinski definition) is 3. The molecule has 5 heteroatoms. The summed E-state index contributed by atoms with van der Waals surface area (Å²) in [5, 5.41) is 13.2. The van der Waals surface area contributed by atoms with Crippen LogP contribution in [0.1, 0.15) is 41.7 Å². The molecule has 0 atom stereocenters. The van der Waals surface area contributed by atoms with E-state index >= 15 is 0 Å². The Balaban J connectivity index is 2.13. The minimum Gasteiger partial charge on any atom is -0.478 e. The molecule has 18 heavy (non-hydrogen) atoms. The summed E-state index contributed by atoms with van der Waals surface area (Å²) >= 11 is 0. The van der Waals surface area contributed by atoms with Gasteiger partial charge in [0.2, 0.25) is 0 Å². The van der Waals surface area contributed by atoms with Gasteiger partial charge in [-0.25, -0.2) is 14.3 Å². The molecule has 2 aromatic heterocycles. The van der Waals surface area contributed by atoms with Crippen LogP contribution >= 0.6 is 0 Å². The van der Waals surface area contributed by atoms with Gasteiger partial charge in [0, 0.05) is 6.20 Å². The molecule has 1 aliphatic carbocycles. The second-order valence-corrected chi connectivity index (χ2v) is 4.42. The van der Waals surface area contributed by atoms with Crippen LogP contribution in [0.5, 0.6) is 0 Å². The van der Waals surface area contributed by atoms with Crippen molar-refractivity contribution in [3.05, 3.63) is 35.8 Å². The van der Waals surface area contributed by atoms with Crippen molar-refractivity contribution in [1.82, 2.24) is 14.6 Å². The maximum Gasteiger partial charge on any atom is 0.339 e. The predicted octanol–water partition coefficient (Wildman–Crippen LogP) is 2.38. The summed E-state index contributed by atoms with van der Waals surface area (Å²) in [6, 6.07) is 1.48. The normalized spacial score (nSPS) is 15.7. The number of carboxylic acids is 1. The number of nitrogens with zero attached hydrogens (tertiary/aromatic N) is 3. The quantitative estimate of drug-likeness (QED) is 0.879. The zero-order valence-corrected chi connectivity index (χ0v) is 9.83. The third kappa shape index (κ3) is 1.77. The van der Waals surface area contributed by atoms with Gasteiger partial charge in [-0.3, -0.25) is 0 Å². The number of imidazole rings is 1. The summed E-state index contributed by atoms with van der Waals surface area (Å²) in [5.41, 5.74) is 2.64. The zero-order valence-electron chi connectivity index (χ0n) is 9.83. The maximum absolute atomic E-state index is 11.1. The molecule has 0 unspecified atom stereocenters. The fraction of sp³-hybridized carbons (Fsp3) is 0.308. The first-order valence-electron chi connectivity index (χ1n) is 6.03. The lowest BCUT2D eigenvalue weighted by Gasteiger charge is -2.09. The molecule has 5 nitrogen and oxygen atoms in total. The first kappa shape index (κ1) is 11.0. The van der Waals surface area contributed by atoms with Crippen LogP contribution in [-0.4, -0.2) is 25.7 Å². The van der Waals surface area contributed by atoms with E-state index in [0.29, 0.717) is 5.65 Å². The smallest absolute Gasteiger partial charge is 0.339 e. The Hall–Kier alpha value is -2.17. The maximum atomic E-state index is 11.1. The summed E-state index contributed by atoms with van der Waals surface area (Å²) in [5.74, 6) is -0.975. The van der Waals surface area contributed by atoms with E-state index in [4.69, 9.17) is 5.11 Å². The first-order chi connectivity index (χ1) is 8.75. The number of fused-ring (bicyclic) bond motifs is 1. The molecule has 1 aliphatic rings. The monoisotopic (exact) mass is 243 g/mol. The number of aromatic nitrogens is 3. The average Bonchev–Trinajstić information content (AvgIpc) is 2.83. The highest BCUT2D eigenvalue weighted by Crippen LogP contribution is 2.26. The predicted molar refractivity (Wildman–Crippen MR) is 66.4 cm³/mol. The third-order valence-corrected chi connectivity index (χ3v) is 3.21. The van der Waals surface area contributed by atoms with Gasteiger partial charge in [0.15, 0.2) is 5.65 Å². The molecule has 0 radical (unpaired) electrons. The highest BCUT2D eigenvalue weighted by Gasteiger charge is 2.15. The van der Waals surface area contributed by atoms with Crippen molar-refractivity contribution < 1.29 is 9.90 Å². The summed E-state index contributed by atoms with van der Waals surface area (Å²) in [4.78, 5) is 15.5. The van der Waals surface area contributed by atoms with Gasteiger partial charge in [-0.05, 0) is 37.3 Å². The van der Waals surface area contributed by atoms with Gasteiger partial charge in [-0.1, -0.05) is 6.08 Å². The molecular weight excluding hydrogens is 230 g/mol. The molecule has 0 spiro atoms. The van der Waals surface area contributed by atoms with E-state index in [9.17, 15) is 4.79 Å².